The molecule has 0 unspecified atom stereocenters. The summed E-state index contributed by atoms with van der Waals surface area (Å²) in [6.45, 7) is 0. The van der Waals surface area contributed by atoms with Gasteiger partial charge >= 0.3 is 181 Å². The zero-order chi connectivity index (χ0) is 18.8. The fourth-order valence-electron chi connectivity index (χ4n) is 4.99. The summed E-state index contributed by atoms with van der Waals surface area (Å²) in [5, 5.41) is 2.50. The van der Waals surface area contributed by atoms with Gasteiger partial charge in [0.2, 0.25) is 0 Å². The van der Waals surface area contributed by atoms with Crippen LogP contribution in [0.4, 0.5) is 5.82 Å². The second kappa shape index (κ2) is 6.78. The summed E-state index contributed by atoms with van der Waals surface area (Å²) >= 11 is 6.43. The van der Waals surface area contributed by atoms with Gasteiger partial charge in [-0.25, -0.2) is 0 Å². The van der Waals surface area contributed by atoms with E-state index in [9.17, 15) is 0 Å². The first-order chi connectivity index (χ1) is 13.7. The van der Waals surface area contributed by atoms with Crippen LogP contribution in [-0.2, 0) is 25.7 Å². The number of fused-ring (bicyclic) bond motifs is 9. The molecule has 7 heteroatoms. The number of rotatable bonds is 0. The predicted molar refractivity (Wildman–Crippen MR) is 120 cm³/mol. The molecule has 0 atom stereocenters. The summed E-state index contributed by atoms with van der Waals surface area (Å²) in [5.41, 5.74) is 10.6. The first-order valence-electron chi connectivity index (χ1n) is 10.3. The molecule has 144 valence electrons. The zero-order valence-corrected chi connectivity index (χ0v) is 20.0. The number of anilines is 1. The molecule has 0 bridgehead atoms. The van der Waals surface area contributed by atoms with Gasteiger partial charge in [0.1, 0.15) is 0 Å². The molecule has 0 radical (unpaired) electrons. The summed E-state index contributed by atoms with van der Waals surface area (Å²) in [7, 11) is 0. The molecule has 4 nitrogen and oxygen atoms in total. The Morgan fingerprint density at radius 2 is 1.43 bits per heavy atom. The van der Waals surface area contributed by atoms with Crippen LogP contribution >= 0.6 is 12.2 Å². The van der Waals surface area contributed by atoms with Crippen molar-refractivity contribution in [3.05, 3.63) is 24.8 Å². The van der Waals surface area contributed by atoms with Crippen LogP contribution in [-0.4, -0.2) is 43.4 Å². The molecule has 0 aromatic carbocycles. The monoisotopic (exact) mass is 522 g/mol. The average molecular weight is 520 g/mol. The molecule has 6 rings (SSSR count). The van der Waals surface area contributed by atoms with E-state index in [-0.39, 0.29) is 0 Å². The maximum atomic E-state index is 6.63. The SMILES string of the molecule is Nc1nc2c3c4c([se]c3nc(=S)n2c2[se]c3c(c12)CCCCC3)CCCCC4. The van der Waals surface area contributed by atoms with Crippen LogP contribution in [0, 0.1) is 4.77 Å². The van der Waals surface area contributed by atoms with Gasteiger partial charge in [0, 0.05) is 0 Å². The number of nitrogens with two attached hydrogens (primary N) is 1. The third-order valence-electron chi connectivity index (χ3n) is 6.31. The molecule has 0 spiro atoms. The zero-order valence-electron chi connectivity index (χ0n) is 15.7. The number of aromatic nitrogens is 3. The van der Waals surface area contributed by atoms with Crippen molar-refractivity contribution in [2.75, 3.05) is 5.73 Å². The number of nitrogens with zero attached hydrogens (tertiary/aromatic N) is 3. The normalized spacial score (nSPS) is 17.6. The van der Waals surface area contributed by atoms with Crippen molar-refractivity contribution in [1.29, 1.82) is 0 Å². The van der Waals surface area contributed by atoms with E-state index in [1.54, 1.807) is 8.87 Å². The second-order valence-electron chi connectivity index (χ2n) is 8.04. The molecular formula is C21H22N4SSe2. The molecule has 4 heterocycles. The molecular weight excluding hydrogens is 498 g/mol. The Labute approximate surface area is 180 Å². The predicted octanol–water partition coefficient (Wildman–Crippen LogP) is 4.00. The quantitative estimate of drug-likeness (QED) is 0.217. The molecule has 0 saturated carbocycles. The Hall–Kier alpha value is -0.971. The minimum atomic E-state index is 0.295. The third-order valence-corrected chi connectivity index (χ3v) is 11.8. The Morgan fingerprint density at radius 1 is 0.786 bits per heavy atom. The van der Waals surface area contributed by atoms with Crippen LogP contribution in [0.15, 0.2) is 0 Å². The van der Waals surface area contributed by atoms with Crippen molar-refractivity contribution in [3.63, 3.8) is 0 Å². The van der Waals surface area contributed by atoms with Crippen molar-refractivity contribution < 1.29 is 0 Å². The first-order valence-corrected chi connectivity index (χ1v) is 14.1. The van der Waals surface area contributed by atoms with Gasteiger partial charge in [0.25, 0.3) is 0 Å². The van der Waals surface area contributed by atoms with Gasteiger partial charge in [0.15, 0.2) is 0 Å². The van der Waals surface area contributed by atoms with E-state index < -0.39 is 0 Å². The van der Waals surface area contributed by atoms with Crippen molar-refractivity contribution in [2.45, 2.75) is 64.2 Å². The van der Waals surface area contributed by atoms with Gasteiger partial charge in [-0.05, 0) is 0 Å². The van der Waals surface area contributed by atoms with Crippen LogP contribution in [0.1, 0.15) is 58.5 Å². The molecule has 0 saturated heterocycles. The van der Waals surface area contributed by atoms with Gasteiger partial charge in [-0.3, -0.25) is 0 Å². The molecule has 0 amide bonds. The van der Waals surface area contributed by atoms with Gasteiger partial charge < -0.3 is 0 Å². The molecule has 4 aromatic rings. The Bertz CT molecular complexity index is 1310. The topological polar surface area (TPSA) is 56.2 Å². The number of nitrogen functional groups attached to an aromatic ring is 1. The first kappa shape index (κ1) is 17.9. The van der Waals surface area contributed by atoms with Crippen LogP contribution in [0.5, 0.6) is 0 Å². The van der Waals surface area contributed by atoms with E-state index in [4.69, 9.17) is 27.9 Å². The van der Waals surface area contributed by atoms with Crippen LogP contribution < -0.4 is 5.73 Å². The molecule has 2 aliphatic rings. The Kier molecular flexibility index (Phi) is 4.32. The van der Waals surface area contributed by atoms with Crippen LogP contribution in [0.25, 0.3) is 25.2 Å². The summed E-state index contributed by atoms with van der Waals surface area (Å²) < 4.78 is 8.69. The molecule has 28 heavy (non-hydrogen) atoms. The maximum absolute atomic E-state index is 6.63. The van der Waals surface area contributed by atoms with E-state index in [0.29, 0.717) is 33.8 Å². The minimum absolute atomic E-state index is 0.295. The summed E-state index contributed by atoms with van der Waals surface area (Å²) in [5.74, 6) is 0.724. The van der Waals surface area contributed by atoms with Crippen molar-refractivity contribution in [2.24, 2.45) is 0 Å². The van der Waals surface area contributed by atoms with Crippen molar-refractivity contribution in [3.8, 4) is 0 Å². The van der Waals surface area contributed by atoms with E-state index in [1.807, 2.05) is 0 Å². The van der Waals surface area contributed by atoms with E-state index in [0.717, 1.165) is 24.3 Å². The Morgan fingerprint density at radius 3 is 2.18 bits per heavy atom. The number of hydrogen-bond donors (Lipinski definition) is 1. The molecule has 2 N–H and O–H groups in total. The standard InChI is InChI=1S/C21H22N4SSe2/c22-17-15-11-7-3-1-6-10-14(11)28-20(15)25-18(23-17)16-12-8-4-2-5-9-13(12)27-19(16)24-21(25)26/h1-10H2,(H2,22,23). The van der Waals surface area contributed by atoms with Crippen molar-refractivity contribution in [1.82, 2.24) is 14.4 Å². The molecule has 0 aliphatic heterocycles. The molecule has 2 aliphatic carbocycles. The average Bonchev–Trinajstić information content (AvgIpc) is 2.98. The van der Waals surface area contributed by atoms with Crippen molar-refractivity contribution >= 4 is 72.2 Å². The van der Waals surface area contributed by atoms with E-state index in [2.05, 4.69) is 4.40 Å². The fraction of sp³-hybridized carbons (Fsp3) is 0.476. The third kappa shape index (κ3) is 2.57. The summed E-state index contributed by atoms with van der Waals surface area (Å²) in [6.07, 6.45) is 12.6. The van der Waals surface area contributed by atoms with Gasteiger partial charge in [0.05, 0.1) is 0 Å². The van der Waals surface area contributed by atoms with E-state index in [1.165, 1.54) is 82.0 Å². The number of hydrogen-bond acceptors (Lipinski definition) is 4. The van der Waals surface area contributed by atoms with Gasteiger partial charge in [-0.15, -0.1) is 0 Å². The number of aryl methyl sites for hydroxylation is 4. The fourth-order valence-corrected chi connectivity index (χ4v) is 11.1. The summed E-state index contributed by atoms with van der Waals surface area (Å²) in [4.78, 5) is 9.96. The van der Waals surface area contributed by atoms with E-state index >= 15 is 0 Å². The van der Waals surface area contributed by atoms with Crippen LogP contribution in [0.3, 0.4) is 0 Å². The van der Waals surface area contributed by atoms with Gasteiger partial charge in [-0.2, -0.15) is 0 Å². The second-order valence-corrected chi connectivity index (χ2v) is 13.0. The molecule has 0 fully saturated rings. The Balaban J connectivity index is 1.77. The summed E-state index contributed by atoms with van der Waals surface area (Å²) in [6, 6.07) is 0. The van der Waals surface area contributed by atoms with Crippen LogP contribution in [0.2, 0.25) is 0 Å². The van der Waals surface area contributed by atoms with Gasteiger partial charge in [-0.1, -0.05) is 0 Å². The molecule has 4 aromatic heterocycles.